The van der Waals surface area contributed by atoms with Crippen molar-refractivity contribution < 1.29 is 14.7 Å². The number of hydrogen-bond donors (Lipinski definition) is 3. The Bertz CT molecular complexity index is 541. The summed E-state index contributed by atoms with van der Waals surface area (Å²) in [6, 6.07) is 2.33. The smallest absolute Gasteiger partial charge is 0.320 e. The van der Waals surface area contributed by atoms with Crippen LogP contribution in [0.2, 0.25) is 5.02 Å². The molecule has 1 aromatic carbocycles. The van der Waals surface area contributed by atoms with Crippen LogP contribution in [0, 0.1) is 13.8 Å². The first-order valence-corrected chi connectivity index (χ1v) is 7.70. The zero-order valence-electron chi connectivity index (χ0n) is 13.8. The number of aryl methyl sites for hydroxylation is 2. The van der Waals surface area contributed by atoms with Gasteiger partial charge in [-0.05, 0) is 44.4 Å². The summed E-state index contributed by atoms with van der Waals surface area (Å²) in [6.45, 7) is 7.33. The minimum absolute atomic E-state index is 0. The molecule has 1 amide bonds. The van der Waals surface area contributed by atoms with Crippen LogP contribution in [0.15, 0.2) is 12.1 Å². The van der Waals surface area contributed by atoms with Gasteiger partial charge in [-0.15, -0.1) is 12.4 Å². The number of carbonyl (C=O) groups is 2. The third-order valence-corrected chi connectivity index (χ3v) is 3.70. The second-order valence-electron chi connectivity index (χ2n) is 5.50. The Morgan fingerprint density at radius 2 is 1.91 bits per heavy atom. The number of rotatable bonds is 7. The van der Waals surface area contributed by atoms with E-state index in [2.05, 4.69) is 10.6 Å². The molecule has 130 valence electrons. The molecule has 2 unspecified atom stereocenters. The summed E-state index contributed by atoms with van der Waals surface area (Å²) in [5, 5.41) is 15.2. The van der Waals surface area contributed by atoms with Crippen molar-refractivity contribution in [2.75, 3.05) is 5.32 Å². The Balaban J connectivity index is 0.00000484. The van der Waals surface area contributed by atoms with Gasteiger partial charge in [0, 0.05) is 0 Å². The fourth-order valence-corrected chi connectivity index (χ4v) is 2.62. The number of amides is 1. The van der Waals surface area contributed by atoms with Crippen LogP contribution in [-0.4, -0.2) is 29.1 Å². The highest BCUT2D eigenvalue weighted by molar-refractivity contribution is 6.34. The predicted octanol–water partition coefficient (Wildman–Crippen LogP) is 3.55. The number of carboxylic acids is 1. The SMILES string of the molecule is CCCC(NC(C)C(=O)Nc1c(C)cc(C)cc1Cl)C(=O)O.Cl. The van der Waals surface area contributed by atoms with E-state index in [0.717, 1.165) is 17.5 Å². The Morgan fingerprint density at radius 1 is 1.30 bits per heavy atom. The second-order valence-corrected chi connectivity index (χ2v) is 5.90. The summed E-state index contributed by atoms with van der Waals surface area (Å²) in [4.78, 5) is 23.4. The molecule has 0 heterocycles. The Labute approximate surface area is 148 Å². The van der Waals surface area contributed by atoms with E-state index < -0.39 is 18.1 Å². The van der Waals surface area contributed by atoms with Crippen LogP contribution in [0.3, 0.4) is 0 Å². The van der Waals surface area contributed by atoms with Gasteiger partial charge in [-0.2, -0.15) is 0 Å². The number of hydrogen-bond acceptors (Lipinski definition) is 3. The van der Waals surface area contributed by atoms with Crippen molar-refractivity contribution in [1.29, 1.82) is 0 Å². The van der Waals surface area contributed by atoms with E-state index >= 15 is 0 Å². The molecule has 0 aliphatic heterocycles. The van der Waals surface area contributed by atoms with Crippen molar-refractivity contribution in [3.63, 3.8) is 0 Å². The molecule has 2 atom stereocenters. The van der Waals surface area contributed by atoms with E-state index in [0.29, 0.717) is 17.1 Å². The maximum atomic E-state index is 12.2. The molecule has 0 aliphatic carbocycles. The van der Waals surface area contributed by atoms with Gasteiger partial charge >= 0.3 is 5.97 Å². The summed E-state index contributed by atoms with van der Waals surface area (Å²) >= 11 is 6.16. The summed E-state index contributed by atoms with van der Waals surface area (Å²) in [6.07, 6.45) is 1.19. The van der Waals surface area contributed by atoms with Crippen LogP contribution in [0.4, 0.5) is 5.69 Å². The van der Waals surface area contributed by atoms with Crippen molar-refractivity contribution in [2.24, 2.45) is 0 Å². The maximum Gasteiger partial charge on any atom is 0.320 e. The zero-order chi connectivity index (χ0) is 16.9. The number of benzene rings is 1. The number of halogens is 2. The van der Waals surface area contributed by atoms with Crippen LogP contribution in [0.1, 0.15) is 37.8 Å². The maximum absolute atomic E-state index is 12.2. The standard InChI is InChI=1S/C16H23ClN2O3.ClH/c1-5-6-13(16(21)22)18-11(4)15(20)19-14-10(3)7-9(2)8-12(14)17;/h7-8,11,13,18H,5-6H2,1-4H3,(H,19,20)(H,21,22);1H. The monoisotopic (exact) mass is 362 g/mol. The van der Waals surface area contributed by atoms with Gasteiger partial charge in [0.05, 0.1) is 16.8 Å². The van der Waals surface area contributed by atoms with E-state index in [1.165, 1.54) is 0 Å². The molecule has 1 aromatic rings. The largest absolute Gasteiger partial charge is 0.480 e. The van der Waals surface area contributed by atoms with Gasteiger partial charge in [-0.1, -0.05) is 31.0 Å². The lowest BCUT2D eigenvalue weighted by Gasteiger charge is -2.20. The first-order valence-electron chi connectivity index (χ1n) is 7.32. The van der Waals surface area contributed by atoms with Crippen LogP contribution in [-0.2, 0) is 9.59 Å². The molecule has 0 saturated heterocycles. The molecule has 0 spiro atoms. The minimum atomic E-state index is -0.953. The van der Waals surface area contributed by atoms with Crippen LogP contribution in [0.25, 0.3) is 0 Å². The van der Waals surface area contributed by atoms with E-state index in [4.69, 9.17) is 16.7 Å². The van der Waals surface area contributed by atoms with E-state index in [-0.39, 0.29) is 18.3 Å². The predicted molar refractivity (Wildman–Crippen MR) is 95.7 cm³/mol. The number of nitrogens with one attached hydrogen (secondary N) is 2. The molecule has 0 saturated carbocycles. The molecular weight excluding hydrogens is 339 g/mol. The molecule has 5 nitrogen and oxygen atoms in total. The molecule has 0 aliphatic rings. The lowest BCUT2D eigenvalue weighted by Crippen LogP contribution is -2.47. The first-order chi connectivity index (χ1) is 10.3. The average molecular weight is 363 g/mol. The number of anilines is 1. The molecule has 0 radical (unpaired) electrons. The molecule has 0 aromatic heterocycles. The van der Waals surface area contributed by atoms with Gasteiger partial charge < -0.3 is 10.4 Å². The molecular formula is C16H24Cl2N2O3. The Kier molecular flexibility index (Phi) is 9.20. The quantitative estimate of drug-likeness (QED) is 0.692. The van der Waals surface area contributed by atoms with Crippen LogP contribution in [0.5, 0.6) is 0 Å². The highest BCUT2D eigenvalue weighted by atomic mass is 35.5. The van der Waals surface area contributed by atoms with Crippen molar-refractivity contribution in [1.82, 2.24) is 5.32 Å². The number of carbonyl (C=O) groups excluding carboxylic acids is 1. The van der Waals surface area contributed by atoms with Gasteiger partial charge in [0.25, 0.3) is 0 Å². The topological polar surface area (TPSA) is 78.4 Å². The van der Waals surface area contributed by atoms with E-state index in [1.807, 2.05) is 26.8 Å². The second kappa shape index (κ2) is 9.75. The van der Waals surface area contributed by atoms with Gasteiger partial charge in [0.1, 0.15) is 6.04 Å². The number of carboxylic acid groups (broad SMARTS) is 1. The lowest BCUT2D eigenvalue weighted by molar-refractivity contribution is -0.140. The van der Waals surface area contributed by atoms with Crippen LogP contribution >= 0.6 is 24.0 Å². The first kappa shape index (κ1) is 21.7. The average Bonchev–Trinajstić information content (AvgIpc) is 2.41. The Morgan fingerprint density at radius 3 is 2.39 bits per heavy atom. The normalized spacial score (nSPS) is 12.9. The van der Waals surface area contributed by atoms with E-state index in [1.54, 1.807) is 13.0 Å². The summed E-state index contributed by atoms with van der Waals surface area (Å²) < 4.78 is 0. The molecule has 7 heteroatoms. The number of aliphatic carboxylic acids is 1. The van der Waals surface area contributed by atoms with Gasteiger partial charge in [0.15, 0.2) is 0 Å². The highest BCUT2D eigenvalue weighted by Gasteiger charge is 2.23. The zero-order valence-corrected chi connectivity index (χ0v) is 15.3. The molecule has 23 heavy (non-hydrogen) atoms. The van der Waals surface area contributed by atoms with Crippen LogP contribution < -0.4 is 10.6 Å². The summed E-state index contributed by atoms with van der Waals surface area (Å²) in [5.74, 6) is -1.26. The Hall–Kier alpha value is -1.30. The fraction of sp³-hybridized carbons (Fsp3) is 0.500. The van der Waals surface area contributed by atoms with Gasteiger partial charge in [-0.25, -0.2) is 0 Å². The molecule has 1 rings (SSSR count). The molecule has 0 bridgehead atoms. The summed E-state index contributed by atoms with van der Waals surface area (Å²) in [5.41, 5.74) is 2.45. The highest BCUT2D eigenvalue weighted by Crippen LogP contribution is 2.27. The van der Waals surface area contributed by atoms with Gasteiger partial charge in [0.2, 0.25) is 5.91 Å². The van der Waals surface area contributed by atoms with Crippen molar-refractivity contribution in [3.8, 4) is 0 Å². The van der Waals surface area contributed by atoms with Gasteiger partial charge in [-0.3, -0.25) is 14.9 Å². The third kappa shape index (κ3) is 6.37. The molecule has 3 N–H and O–H groups in total. The van der Waals surface area contributed by atoms with Crippen molar-refractivity contribution in [3.05, 3.63) is 28.3 Å². The lowest BCUT2D eigenvalue weighted by atomic mass is 10.1. The van der Waals surface area contributed by atoms with Crippen molar-refractivity contribution in [2.45, 2.75) is 52.6 Å². The fourth-order valence-electron chi connectivity index (χ4n) is 2.25. The van der Waals surface area contributed by atoms with E-state index in [9.17, 15) is 9.59 Å². The molecule has 0 fully saturated rings. The minimum Gasteiger partial charge on any atom is -0.480 e. The summed E-state index contributed by atoms with van der Waals surface area (Å²) in [7, 11) is 0. The van der Waals surface area contributed by atoms with Crippen molar-refractivity contribution >= 4 is 41.6 Å². The third-order valence-electron chi connectivity index (χ3n) is 3.40.